The minimum absolute atomic E-state index is 0.130. The molecule has 0 radical (unpaired) electrons. The maximum Gasteiger partial charge on any atom is 0.331 e. The highest BCUT2D eigenvalue weighted by Crippen LogP contribution is 2.22. The summed E-state index contributed by atoms with van der Waals surface area (Å²) < 4.78 is 5.03. The standard InChI is InChI=1S/C17H13Cl3N2O3/c1-10(17(24)22-16-14(20)8-12(18)9-21-16)25-15(23)7-6-11-4-2-3-5-13(11)19/h2-10H,1H3,(H,21,22,24)/b7-6+/t10-/m0/s1. The Hall–Kier alpha value is -2.08. The van der Waals surface area contributed by atoms with Crippen LogP contribution in [0.2, 0.25) is 15.1 Å². The molecule has 25 heavy (non-hydrogen) atoms. The Morgan fingerprint density at radius 3 is 2.60 bits per heavy atom. The summed E-state index contributed by atoms with van der Waals surface area (Å²) in [7, 11) is 0. The van der Waals surface area contributed by atoms with Gasteiger partial charge in [0.05, 0.1) is 10.0 Å². The van der Waals surface area contributed by atoms with E-state index < -0.39 is 18.0 Å². The number of halogens is 3. The van der Waals surface area contributed by atoms with Crippen molar-refractivity contribution in [2.45, 2.75) is 13.0 Å². The molecule has 1 atom stereocenters. The largest absolute Gasteiger partial charge is 0.449 e. The fraction of sp³-hybridized carbons (Fsp3) is 0.118. The van der Waals surface area contributed by atoms with Crippen molar-refractivity contribution in [2.24, 2.45) is 0 Å². The first-order valence-corrected chi connectivity index (χ1v) is 8.25. The summed E-state index contributed by atoms with van der Waals surface area (Å²) in [5.74, 6) is -1.13. The lowest BCUT2D eigenvalue weighted by Gasteiger charge is -2.12. The van der Waals surface area contributed by atoms with Crippen molar-refractivity contribution in [3.05, 3.63) is 63.2 Å². The number of carbonyl (C=O) groups excluding carboxylic acids is 2. The molecule has 0 saturated heterocycles. The third-order valence-electron chi connectivity index (χ3n) is 3.02. The van der Waals surface area contributed by atoms with Crippen LogP contribution in [-0.2, 0) is 14.3 Å². The number of benzene rings is 1. The van der Waals surface area contributed by atoms with Gasteiger partial charge in [0, 0.05) is 17.3 Å². The van der Waals surface area contributed by atoms with Crippen LogP contribution in [0.1, 0.15) is 12.5 Å². The number of carbonyl (C=O) groups is 2. The molecule has 0 bridgehead atoms. The number of anilines is 1. The Bertz CT molecular complexity index is 825. The number of aromatic nitrogens is 1. The molecule has 1 amide bonds. The second kappa shape index (κ2) is 8.85. The lowest BCUT2D eigenvalue weighted by molar-refractivity contribution is -0.148. The van der Waals surface area contributed by atoms with Gasteiger partial charge in [-0.25, -0.2) is 9.78 Å². The zero-order chi connectivity index (χ0) is 18.4. The molecule has 130 valence electrons. The number of pyridine rings is 1. The first-order valence-electron chi connectivity index (χ1n) is 7.12. The Morgan fingerprint density at radius 1 is 1.20 bits per heavy atom. The van der Waals surface area contributed by atoms with Crippen molar-refractivity contribution < 1.29 is 14.3 Å². The van der Waals surface area contributed by atoms with Gasteiger partial charge in [0.2, 0.25) is 0 Å². The van der Waals surface area contributed by atoms with Crippen molar-refractivity contribution in [2.75, 3.05) is 5.32 Å². The zero-order valence-electron chi connectivity index (χ0n) is 13.0. The average Bonchev–Trinajstić information content (AvgIpc) is 2.56. The third kappa shape index (κ3) is 5.74. The lowest BCUT2D eigenvalue weighted by Crippen LogP contribution is -2.29. The molecule has 2 aromatic rings. The van der Waals surface area contributed by atoms with Gasteiger partial charge >= 0.3 is 5.97 Å². The number of rotatable bonds is 5. The maximum atomic E-state index is 12.0. The number of ether oxygens (including phenoxy) is 1. The van der Waals surface area contributed by atoms with Gasteiger partial charge in [-0.3, -0.25) is 4.79 Å². The van der Waals surface area contributed by atoms with Crippen LogP contribution >= 0.6 is 34.8 Å². The van der Waals surface area contributed by atoms with E-state index in [0.717, 1.165) is 0 Å². The Balaban J connectivity index is 1.94. The van der Waals surface area contributed by atoms with Gasteiger partial charge in [0.1, 0.15) is 0 Å². The minimum Gasteiger partial charge on any atom is -0.449 e. The number of hydrogen-bond acceptors (Lipinski definition) is 4. The van der Waals surface area contributed by atoms with Crippen molar-refractivity contribution >= 4 is 58.6 Å². The minimum atomic E-state index is -1.04. The number of hydrogen-bond donors (Lipinski definition) is 1. The second-order valence-electron chi connectivity index (χ2n) is 4.91. The van der Waals surface area contributed by atoms with Gasteiger partial charge in [-0.1, -0.05) is 53.0 Å². The summed E-state index contributed by atoms with van der Waals surface area (Å²) in [5.41, 5.74) is 0.662. The highest BCUT2D eigenvalue weighted by atomic mass is 35.5. The van der Waals surface area contributed by atoms with Crippen LogP contribution in [0.3, 0.4) is 0 Å². The predicted octanol–water partition coefficient (Wildman–Crippen LogP) is 4.63. The molecule has 1 N–H and O–H groups in total. The number of nitrogens with zero attached hydrogens (tertiary/aromatic N) is 1. The molecule has 0 saturated carbocycles. The van der Waals surface area contributed by atoms with E-state index >= 15 is 0 Å². The lowest BCUT2D eigenvalue weighted by atomic mass is 10.2. The van der Waals surface area contributed by atoms with E-state index in [1.807, 2.05) is 0 Å². The van der Waals surface area contributed by atoms with Crippen LogP contribution in [-0.4, -0.2) is 23.0 Å². The molecule has 8 heteroatoms. The van der Waals surface area contributed by atoms with E-state index in [1.54, 1.807) is 24.3 Å². The smallest absolute Gasteiger partial charge is 0.331 e. The van der Waals surface area contributed by atoms with Crippen molar-refractivity contribution in [3.63, 3.8) is 0 Å². The van der Waals surface area contributed by atoms with E-state index in [-0.39, 0.29) is 10.8 Å². The molecule has 5 nitrogen and oxygen atoms in total. The predicted molar refractivity (Wildman–Crippen MR) is 98.9 cm³/mol. The van der Waals surface area contributed by atoms with Gasteiger partial charge in [0.25, 0.3) is 5.91 Å². The van der Waals surface area contributed by atoms with Gasteiger partial charge in [-0.15, -0.1) is 0 Å². The molecule has 0 spiro atoms. The fourth-order valence-corrected chi connectivity index (χ4v) is 2.39. The molecule has 0 aliphatic heterocycles. The monoisotopic (exact) mass is 398 g/mol. The second-order valence-corrected chi connectivity index (χ2v) is 6.16. The highest BCUT2D eigenvalue weighted by molar-refractivity contribution is 6.36. The Morgan fingerprint density at radius 2 is 1.92 bits per heavy atom. The topological polar surface area (TPSA) is 68.3 Å². The van der Waals surface area contributed by atoms with Gasteiger partial charge in [0.15, 0.2) is 11.9 Å². The molecule has 0 unspecified atom stereocenters. The highest BCUT2D eigenvalue weighted by Gasteiger charge is 2.18. The van der Waals surface area contributed by atoms with Crippen LogP contribution in [0.4, 0.5) is 5.82 Å². The number of esters is 1. The van der Waals surface area contributed by atoms with Crippen LogP contribution in [0.15, 0.2) is 42.6 Å². The zero-order valence-corrected chi connectivity index (χ0v) is 15.3. The SMILES string of the molecule is C[C@H](OC(=O)/C=C/c1ccccc1Cl)C(=O)Nc1ncc(Cl)cc1Cl. The molecule has 0 aliphatic carbocycles. The molecule has 0 fully saturated rings. The molecule has 1 aromatic carbocycles. The summed E-state index contributed by atoms with van der Waals surface area (Å²) in [4.78, 5) is 27.8. The van der Waals surface area contributed by atoms with E-state index in [2.05, 4.69) is 10.3 Å². The van der Waals surface area contributed by atoms with Crippen molar-refractivity contribution in [3.8, 4) is 0 Å². The molecule has 2 rings (SSSR count). The third-order valence-corrected chi connectivity index (χ3v) is 3.85. The summed E-state index contributed by atoms with van der Waals surface area (Å²) in [6, 6.07) is 8.45. The first-order chi connectivity index (χ1) is 11.9. The van der Waals surface area contributed by atoms with Gasteiger partial charge in [-0.2, -0.15) is 0 Å². The number of nitrogens with one attached hydrogen (secondary N) is 1. The molecule has 1 heterocycles. The van der Waals surface area contributed by atoms with E-state index in [4.69, 9.17) is 39.5 Å². The van der Waals surface area contributed by atoms with Gasteiger partial charge < -0.3 is 10.1 Å². The van der Waals surface area contributed by atoms with Crippen molar-refractivity contribution in [1.29, 1.82) is 0 Å². The molecule has 1 aromatic heterocycles. The first kappa shape index (κ1) is 19.2. The summed E-state index contributed by atoms with van der Waals surface area (Å²) >= 11 is 17.6. The quantitative estimate of drug-likeness (QED) is 0.588. The maximum absolute atomic E-state index is 12.0. The van der Waals surface area contributed by atoms with Crippen molar-refractivity contribution in [1.82, 2.24) is 4.98 Å². The molecule has 0 aliphatic rings. The summed E-state index contributed by atoms with van der Waals surface area (Å²) in [6.45, 7) is 1.43. The van der Waals surface area contributed by atoms with Crippen LogP contribution in [0.25, 0.3) is 6.08 Å². The molecular weight excluding hydrogens is 387 g/mol. The van der Waals surface area contributed by atoms with E-state index in [1.165, 1.54) is 31.3 Å². The molecular formula is C17H13Cl3N2O3. The Labute approximate surface area is 159 Å². The summed E-state index contributed by atoms with van der Waals surface area (Å²) in [6.07, 6.45) is 2.99. The fourth-order valence-electron chi connectivity index (χ4n) is 1.76. The van der Waals surface area contributed by atoms with E-state index in [0.29, 0.717) is 15.6 Å². The van der Waals surface area contributed by atoms with E-state index in [9.17, 15) is 9.59 Å². The Kier molecular flexibility index (Phi) is 6.82. The van der Waals surface area contributed by atoms with Crippen LogP contribution < -0.4 is 5.32 Å². The number of amides is 1. The normalized spacial score (nSPS) is 12.0. The van der Waals surface area contributed by atoms with Crippen LogP contribution in [0, 0.1) is 0 Å². The van der Waals surface area contributed by atoms with Gasteiger partial charge in [-0.05, 0) is 30.7 Å². The van der Waals surface area contributed by atoms with Crippen LogP contribution in [0.5, 0.6) is 0 Å². The summed E-state index contributed by atoms with van der Waals surface area (Å²) in [5, 5.41) is 3.48. The average molecular weight is 400 g/mol.